The molecule has 29 heavy (non-hydrogen) atoms. The Kier molecular flexibility index (Phi) is 6.25. The van der Waals surface area contributed by atoms with E-state index in [1.165, 1.54) is 10.3 Å². The SMILES string of the molecule is COc1ccc(SCCC(=O)N2CCN(c3nc4c(C)cccc4s3)CC2)cc1. The predicted octanol–water partition coefficient (Wildman–Crippen LogP) is 4.44. The fourth-order valence-electron chi connectivity index (χ4n) is 3.44. The second kappa shape index (κ2) is 9.05. The Bertz CT molecular complexity index is 979. The highest BCUT2D eigenvalue weighted by Crippen LogP contribution is 2.31. The maximum Gasteiger partial charge on any atom is 0.223 e. The number of thioether (sulfide) groups is 1. The highest BCUT2D eigenvalue weighted by molar-refractivity contribution is 7.99. The second-order valence-corrected chi connectivity index (χ2v) is 9.24. The van der Waals surface area contributed by atoms with E-state index in [-0.39, 0.29) is 5.91 Å². The average molecular weight is 428 g/mol. The molecule has 1 fully saturated rings. The maximum atomic E-state index is 12.6. The van der Waals surface area contributed by atoms with Crippen LogP contribution in [0.4, 0.5) is 5.13 Å². The topological polar surface area (TPSA) is 45.7 Å². The molecule has 2 aromatic carbocycles. The molecule has 5 nitrogen and oxygen atoms in total. The number of ether oxygens (including phenoxy) is 1. The summed E-state index contributed by atoms with van der Waals surface area (Å²) in [6, 6.07) is 14.3. The number of methoxy groups -OCH3 is 1. The minimum absolute atomic E-state index is 0.241. The van der Waals surface area contributed by atoms with Crippen LogP contribution in [0.15, 0.2) is 47.4 Å². The lowest BCUT2D eigenvalue weighted by Gasteiger charge is -2.34. The number of para-hydroxylation sites is 1. The normalized spacial score (nSPS) is 14.4. The van der Waals surface area contributed by atoms with Crippen molar-refractivity contribution in [1.29, 1.82) is 0 Å². The molecule has 4 rings (SSSR count). The maximum absolute atomic E-state index is 12.6. The van der Waals surface area contributed by atoms with Crippen LogP contribution in [0.5, 0.6) is 5.75 Å². The summed E-state index contributed by atoms with van der Waals surface area (Å²) < 4.78 is 6.41. The van der Waals surface area contributed by atoms with E-state index in [9.17, 15) is 4.79 Å². The van der Waals surface area contributed by atoms with E-state index in [1.807, 2.05) is 29.2 Å². The van der Waals surface area contributed by atoms with Gasteiger partial charge in [-0.05, 0) is 42.8 Å². The number of carbonyl (C=O) groups is 1. The molecule has 1 aliphatic heterocycles. The van der Waals surface area contributed by atoms with Gasteiger partial charge in [0.25, 0.3) is 0 Å². The third-order valence-corrected chi connectivity index (χ3v) is 7.25. The van der Waals surface area contributed by atoms with Crippen molar-refractivity contribution in [3.63, 3.8) is 0 Å². The second-order valence-electron chi connectivity index (χ2n) is 7.06. The molecule has 0 N–H and O–H groups in total. The number of aromatic nitrogens is 1. The van der Waals surface area contributed by atoms with Gasteiger partial charge < -0.3 is 14.5 Å². The fraction of sp³-hybridized carbons (Fsp3) is 0.364. The lowest BCUT2D eigenvalue weighted by molar-refractivity contribution is -0.131. The largest absolute Gasteiger partial charge is 0.497 e. The lowest BCUT2D eigenvalue weighted by Crippen LogP contribution is -2.48. The molecule has 1 aliphatic rings. The van der Waals surface area contributed by atoms with Crippen LogP contribution in [0.3, 0.4) is 0 Å². The van der Waals surface area contributed by atoms with Crippen LogP contribution in [0.25, 0.3) is 10.2 Å². The van der Waals surface area contributed by atoms with Gasteiger partial charge >= 0.3 is 0 Å². The number of hydrogen-bond acceptors (Lipinski definition) is 6. The molecule has 1 saturated heterocycles. The van der Waals surface area contributed by atoms with Gasteiger partial charge in [-0.2, -0.15) is 0 Å². The van der Waals surface area contributed by atoms with E-state index >= 15 is 0 Å². The van der Waals surface area contributed by atoms with Crippen molar-refractivity contribution in [2.75, 3.05) is 43.9 Å². The van der Waals surface area contributed by atoms with E-state index in [2.05, 4.69) is 30.0 Å². The number of anilines is 1. The molecule has 0 spiro atoms. The van der Waals surface area contributed by atoms with Crippen LogP contribution in [0.2, 0.25) is 0 Å². The van der Waals surface area contributed by atoms with E-state index < -0.39 is 0 Å². The van der Waals surface area contributed by atoms with Gasteiger partial charge in [-0.3, -0.25) is 4.79 Å². The van der Waals surface area contributed by atoms with Gasteiger partial charge in [0.2, 0.25) is 5.91 Å². The Hall–Kier alpha value is -2.25. The summed E-state index contributed by atoms with van der Waals surface area (Å²) in [5.41, 5.74) is 2.31. The number of hydrogen-bond donors (Lipinski definition) is 0. The van der Waals surface area contributed by atoms with Crippen LogP contribution in [-0.4, -0.2) is 54.8 Å². The van der Waals surface area contributed by atoms with Gasteiger partial charge in [-0.25, -0.2) is 4.98 Å². The number of piperazine rings is 1. The van der Waals surface area contributed by atoms with Crippen LogP contribution in [0.1, 0.15) is 12.0 Å². The molecular formula is C22H25N3O2S2. The highest BCUT2D eigenvalue weighted by atomic mass is 32.2. The van der Waals surface area contributed by atoms with Gasteiger partial charge in [0.1, 0.15) is 5.75 Å². The summed E-state index contributed by atoms with van der Waals surface area (Å²) in [6.45, 7) is 5.32. The van der Waals surface area contributed by atoms with Crippen molar-refractivity contribution in [3.05, 3.63) is 48.0 Å². The number of rotatable bonds is 6. The molecule has 0 saturated carbocycles. The Morgan fingerprint density at radius 3 is 2.59 bits per heavy atom. The lowest BCUT2D eigenvalue weighted by atomic mass is 10.2. The van der Waals surface area contributed by atoms with Gasteiger partial charge in [0.15, 0.2) is 5.13 Å². The molecule has 3 aromatic rings. The van der Waals surface area contributed by atoms with Gasteiger partial charge in [0.05, 0.1) is 17.3 Å². The first-order valence-corrected chi connectivity index (χ1v) is 11.6. The van der Waals surface area contributed by atoms with Crippen molar-refractivity contribution in [1.82, 2.24) is 9.88 Å². The number of nitrogens with zero attached hydrogens (tertiary/aromatic N) is 3. The molecule has 1 aromatic heterocycles. The van der Waals surface area contributed by atoms with Crippen LogP contribution in [0, 0.1) is 6.92 Å². The number of carbonyl (C=O) groups excluding carboxylic acids is 1. The van der Waals surface area contributed by atoms with Gasteiger partial charge in [-0.15, -0.1) is 11.8 Å². The molecular weight excluding hydrogens is 402 g/mol. The molecule has 2 heterocycles. The first kappa shape index (κ1) is 20.0. The molecule has 152 valence electrons. The molecule has 7 heteroatoms. The zero-order valence-electron chi connectivity index (χ0n) is 16.8. The summed E-state index contributed by atoms with van der Waals surface area (Å²) in [7, 11) is 1.67. The van der Waals surface area contributed by atoms with Crippen LogP contribution in [-0.2, 0) is 4.79 Å². The number of aryl methyl sites for hydroxylation is 1. The number of amides is 1. The monoisotopic (exact) mass is 427 g/mol. The van der Waals surface area contributed by atoms with Gasteiger partial charge in [0, 0.05) is 43.2 Å². The molecule has 0 bridgehead atoms. The molecule has 0 unspecified atom stereocenters. The standard InChI is InChI=1S/C22H25N3O2S2/c1-16-4-3-5-19-21(16)23-22(29-19)25-13-11-24(12-14-25)20(26)10-15-28-18-8-6-17(27-2)7-9-18/h3-9H,10-15H2,1-2H3. The van der Waals surface area contributed by atoms with E-state index in [0.29, 0.717) is 6.42 Å². The summed E-state index contributed by atoms with van der Waals surface area (Å²) in [5, 5.41) is 1.07. The quantitative estimate of drug-likeness (QED) is 0.544. The Labute approximate surface area is 179 Å². The summed E-state index contributed by atoms with van der Waals surface area (Å²) >= 11 is 3.45. The van der Waals surface area contributed by atoms with Gasteiger partial charge in [-0.1, -0.05) is 23.5 Å². The third-order valence-electron chi connectivity index (χ3n) is 5.16. The molecule has 1 amide bonds. The number of benzene rings is 2. The van der Waals surface area contributed by atoms with Crippen molar-refractivity contribution >= 4 is 44.4 Å². The zero-order chi connectivity index (χ0) is 20.2. The molecule has 0 aliphatic carbocycles. The average Bonchev–Trinajstić information content (AvgIpc) is 3.20. The summed E-state index contributed by atoms with van der Waals surface area (Å²) in [5.74, 6) is 1.89. The van der Waals surface area contributed by atoms with Crippen molar-refractivity contribution in [2.45, 2.75) is 18.2 Å². The first-order chi connectivity index (χ1) is 14.1. The zero-order valence-corrected chi connectivity index (χ0v) is 18.4. The van der Waals surface area contributed by atoms with Crippen LogP contribution >= 0.6 is 23.1 Å². The Morgan fingerprint density at radius 2 is 1.90 bits per heavy atom. The smallest absolute Gasteiger partial charge is 0.223 e. The van der Waals surface area contributed by atoms with Crippen molar-refractivity contribution < 1.29 is 9.53 Å². The Morgan fingerprint density at radius 1 is 1.14 bits per heavy atom. The molecule has 0 radical (unpaired) electrons. The van der Waals surface area contributed by atoms with E-state index in [4.69, 9.17) is 9.72 Å². The minimum atomic E-state index is 0.241. The summed E-state index contributed by atoms with van der Waals surface area (Å²) in [4.78, 5) is 22.9. The predicted molar refractivity (Wildman–Crippen MR) is 121 cm³/mol. The third kappa shape index (κ3) is 4.67. The van der Waals surface area contributed by atoms with Crippen molar-refractivity contribution in [3.8, 4) is 5.75 Å². The highest BCUT2D eigenvalue weighted by Gasteiger charge is 2.23. The summed E-state index contributed by atoms with van der Waals surface area (Å²) in [6.07, 6.45) is 0.566. The first-order valence-electron chi connectivity index (χ1n) is 9.80. The number of fused-ring (bicyclic) bond motifs is 1. The number of thiazole rings is 1. The Balaban J connectivity index is 1.26. The van der Waals surface area contributed by atoms with Crippen molar-refractivity contribution in [2.24, 2.45) is 0 Å². The van der Waals surface area contributed by atoms with E-state index in [0.717, 1.165) is 53.2 Å². The van der Waals surface area contributed by atoms with E-state index in [1.54, 1.807) is 30.2 Å². The van der Waals surface area contributed by atoms with Crippen LogP contribution < -0.4 is 9.64 Å². The minimum Gasteiger partial charge on any atom is -0.497 e. The molecule has 0 atom stereocenters. The fourth-order valence-corrected chi connectivity index (χ4v) is 5.38.